The second kappa shape index (κ2) is 6.53. The SMILES string of the molecule is CCS(=O)(=O)c1ccc(N2CCCCC2C(=O)O)c([N+](=O)[O-])c1. The summed E-state index contributed by atoms with van der Waals surface area (Å²) in [6.45, 7) is 1.85. The van der Waals surface area contributed by atoms with Crippen molar-refractivity contribution in [3.05, 3.63) is 28.3 Å². The molecular formula is C14H18N2O6S. The van der Waals surface area contributed by atoms with Gasteiger partial charge in [0.2, 0.25) is 0 Å². The monoisotopic (exact) mass is 342 g/mol. The van der Waals surface area contributed by atoms with Crippen molar-refractivity contribution in [1.82, 2.24) is 0 Å². The number of nitrogens with zero attached hydrogens (tertiary/aromatic N) is 2. The lowest BCUT2D eigenvalue weighted by Gasteiger charge is -2.34. The molecule has 1 saturated heterocycles. The largest absolute Gasteiger partial charge is 0.480 e. The number of hydrogen-bond acceptors (Lipinski definition) is 6. The van der Waals surface area contributed by atoms with Crippen LogP contribution in [0.25, 0.3) is 0 Å². The van der Waals surface area contributed by atoms with Crippen LogP contribution >= 0.6 is 0 Å². The van der Waals surface area contributed by atoms with Crippen LogP contribution in [0.4, 0.5) is 11.4 Å². The summed E-state index contributed by atoms with van der Waals surface area (Å²) in [5.74, 6) is -1.20. The van der Waals surface area contributed by atoms with E-state index >= 15 is 0 Å². The van der Waals surface area contributed by atoms with E-state index < -0.39 is 26.8 Å². The number of sulfone groups is 1. The molecule has 1 aromatic rings. The van der Waals surface area contributed by atoms with Gasteiger partial charge in [-0.3, -0.25) is 10.1 Å². The van der Waals surface area contributed by atoms with Gasteiger partial charge in [-0.2, -0.15) is 0 Å². The van der Waals surface area contributed by atoms with Gasteiger partial charge < -0.3 is 10.0 Å². The fourth-order valence-corrected chi connectivity index (χ4v) is 3.63. The fourth-order valence-electron chi connectivity index (χ4n) is 2.73. The highest BCUT2D eigenvalue weighted by atomic mass is 32.2. The van der Waals surface area contributed by atoms with Gasteiger partial charge in [0.05, 0.1) is 15.6 Å². The summed E-state index contributed by atoms with van der Waals surface area (Å²) < 4.78 is 23.8. The minimum absolute atomic E-state index is 0.126. The van der Waals surface area contributed by atoms with Crippen molar-refractivity contribution in [2.75, 3.05) is 17.2 Å². The summed E-state index contributed by atoms with van der Waals surface area (Å²) in [6, 6.07) is 2.81. The zero-order valence-corrected chi connectivity index (χ0v) is 13.5. The first kappa shape index (κ1) is 17.2. The number of carboxylic acids is 1. The Morgan fingerprint density at radius 2 is 2.13 bits per heavy atom. The van der Waals surface area contributed by atoms with Gasteiger partial charge in [-0.05, 0) is 31.4 Å². The predicted octanol–water partition coefficient (Wildman–Crippen LogP) is 1.83. The summed E-state index contributed by atoms with van der Waals surface area (Å²) in [5, 5.41) is 20.7. The molecule has 0 spiro atoms. The molecule has 1 atom stereocenters. The molecule has 8 nitrogen and oxygen atoms in total. The van der Waals surface area contributed by atoms with E-state index in [-0.39, 0.29) is 22.0 Å². The van der Waals surface area contributed by atoms with E-state index in [2.05, 4.69) is 0 Å². The van der Waals surface area contributed by atoms with Crippen LogP contribution in [0.1, 0.15) is 26.2 Å². The minimum Gasteiger partial charge on any atom is -0.480 e. The molecule has 0 radical (unpaired) electrons. The summed E-state index contributed by atoms with van der Waals surface area (Å²) >= 11 is 0. The summed E-state index contributed by atoms with van der Waals surface area (Å²) in [6.07, 6.45) is 1.88. The molecule has 0 saturated carbocycles. The zero-order valence-electron chi connectivity index (χ0n) is 12.6. The molecule has 1 aliphatic rings. The summed E-state index contributed by atoms with van der Waals surface area (Å²) in [4.78, 5) is 23.4. The van der Waals surface area contributed by atoms with Gasteiger partial charge >= 0.3 is 5.97 Å². The molecular weight excluding hydrogens is 324 g/mol. The second-order valence-corrected chi connectivity index (χ2v) is 7.63. The Labute approximate surface area is 133 Å². The number of benzene rings is 1. The molecule has 1 N–H and O–H groups in total. The van der Waals surface area contributed by atoms with Crippen molar-refractivity contribution in [2.24, 2.45) is 0 Å². The van der Waals surface area contributed by atoms with Gasteiger partial charge in [0.15, 0.2) is 9.84 Å². The summed E-state index contributed by atoms with van der Waals surface area (Å²) in [7, 11) is -3.57. The molecule has 1 aromatic carbocycles. The Balaban J connectivity index is 2.54. The average molecular weight is 342 g/mol. The van der Waals surface area contributed by atoms with Crippen molar-refractivity contribution >= 4 is 27.2 Å². The molecule has 1 fully saturated rings. The van der Waals surface area contributed by atoms with Crippen LogP contribution in [0.2, 0.25) is 0 Å². The molecule has 0 bridgehead atoms. The number of carbonyl (C=O) groups is 1. The molecule has 1 heterocycles. The fraction of sp³-hybridized carbons (Fsp3) is 0.500. The van der Waals surface area contributed by atoms with E-state index in [1.807, 2.05) is 0 Å². The number of rotatable bonds is 5. The maximum absolute atomic E-state index is 11.9. The minimum atomic E-state index is -3.57. The highest BCUT2D eigenvalue weighted by molar-refractivity contribution is 7.91. The third kappa shape index (κ3) is 3.44. The molecule has 1 unspecified atom stereocenters. The first-order valence-corrected chi connectivity index (χ1v) is 8.93. The smallest absolute Gasteiger partial charge is 0.326 e. The van der Waals surface area contributed by atoms with Crippen LogP contribution in [-0.4, -0.2) is 42.8 Å². The maximum Gasteiger partial charge on any atom is 0.326 e. The van der Waals surface area contributed by atoms with Gasteiger partial charge in [0, 0.05) is 12.6 Å². The molecule has 9 heteroatoms. The Bertz CT molecular complexity index is 731. The number of anilines is 1. The lowest BCUT2D eigenvalue weighted by atomic mass is 10.0. The van der Waals surface area contributed by atoms with E-state index in [0.29, 0.717) is 13.0 Å². The molecule has 0 amide bonds. The third-order valence-corrected chi connectivity index (χ3v) is 5.71. The maximum atomic E-state index is 11.9. The first-order valence-electron chi connectivity index (χ1n) is 7.28. The molecule has 1 aliphatic heterocycles. The van der Waals surface area contributed by atoms with Gasteiger partial charge in [-0.15, -0.1) is 0 Å². The normalized spacial score (nSPS) is 18.7. The Kier molecular flexibility index (Phi) is 4.88. The van der Waals surface area contributed by atoms with Crippen molar-refractivity contribution < 1.29 is 23.2 Å². The first-order chi connectivity index (χ1) is 10.8. The van der Waals surface area contributed by atoms with Crippen LogP contribution in [-0.2, 0) is 14.6 Å². The van der Waals surface area contributed by atoms with E-state index in [0.717, 1.165) is 18.9 Å². The van der Waals surface area contributed by atoms with Crippen LogP contribution in [0.3, 0.4) is 0 Å². The number of carboxylic acid groups (broad SMARTS) is 1. The van der Waals surface area contributed by atoms with Crippen molar-refractivity contribution in [1.29, 1.82) is 0 Å². The zero-order chi connectivity index (χ0) is 17.2. The van der Waals surface area contributed by atoms with Gasteiger partial charge in [-0.25, -0.2) is 13.2 Å². The van der Waals surface area contributed by atoms with Crippen molar-refractivity contribution in [3.63, 3.8) is 0 Å². The highest BCUT2D eigenvalue weighted by Gasteiger charge is 2.33. The van der Waals surface area contributed by atoms with Crippen LogP contribution < -0.4 is 4.90 Å². The van der Waals surface area contributed by atoms with Gasteiger partial charge in [0.25, 0.3) is 5.69 Å². The third-order valence-electron chi connectivity index (χ3n) is 3.98. The van der Waals surface area contributed by atoms with E-state index in [1.165, 1.54) is 24.0 Å². The lowest BCUT2D eigenvalue weighted by Crippen LogP contribution is -2.45. The average Bonchev–Trinajstić information content (AvgIpc) is 2.54. The number of nitro groups is 1. The van der Waals surface area contributed by atoms with Crippen molar-refractivity contribution in [2.45, 2.75) is 37.1 Å². The summed E-state index contributed by atoms with van der Waals surface area (Å²) in [5.41, 5.74) is -0.232. The van der Waals surface area contributed by atoms with Gasteiger partial charge in [0.1, 0.15) is 11.7 Å². The highest BCUT2D eigenvalue weighted by Crippen LogP contribution is 2.35. The van der Waals surface area contributed by atoms with Crippen LogP contribution in [0.5, 0.6) is 0 Å². The molecule has 23 heavy (non-hydrogen) atoms. The van der Waals surface area contributed by atoms with Gasteiger partial charge in [-0.1, -0.05) is 6.92 Å². The molecule has 126 valence electrons. The van der Waals surface area contributed by atoms with E-state index in [1.54, 1.807) is 0 Å². The molecule has 0 aromatic heterocycles. The molecule has 0 aliphatic carbocycles. The number of aliphatic carboxylic acids is 1. The van der Waals surface area contributed by atoms with Crippen LogP contribution in [0.15, 0.2) is 23.1 Å². The number of piperidine rings is 1. The predicted molar refractivity (Wildman–Crippen MR) is 83.4 cm³/mol. The van der Waals surface area contributed by atoms with Crippen molar-refractivity contribution in [3.8, 4) is 0 Å². The Morgan fingerprint density at radius 1 is 1.43 bits per heavy atom. The quantitative estimate of drug-likeness (QED) is 0.640. The molecule has 2 rings (SSSR count). The van der Waals surface area contributed by atoms with E-state index in [4.69, 9.17) is 0 Å². The Morgan fingerprint density at radius 3 is 2.70 bits per heavy atom. The number of hydrogen-bond donors (Lipinski definition) is 1. The van der Waals surface area contributed by atoms with Crippen LogP contribution in [0, 0.1) is 10.1 Å². The number of nitro benzene ring substituents is 1. The van der Waals surface area contributed by atoms with E-state index in [9.17, 15) is 28.4 Å². The second-order valence-electron chi connectivity index (χ2n) is 5.35. The topological polar surface area (TPSA) is 118 Å². The Hall–Kier alpha value is -2.16. The standard InChI is InChI=1S/C14H18N2O6S/c1-2-23(21,22)10-6-7-11(13(9-10)16(19)20)15-8-4-3-5-12(15)14(17)18/h6-7,9,12H,2-5,8H2,1H3,(H,17,18). The lowest BCUT2D eigenvalue weighted by molar-refractivity contribution is -0.384.